The highest BCUT2D eigenvalue weighted by atomic mass is 79.9. The molecule has 1 aliphatic heterocycles. The van der Waals surface area contributed by atoms with Crippen molar-refractivity contribution < 1.29 is 9.53 Å². The Kier molecular flexibility index (Phi) is 4.10. The van der Waals surface area contributed by atoms with Crippen molar-refractivity contribution in [1.82, 2.24) is 19.9 Å². The molecule has 1 atom stereocenters. The van der Waals surface area contributed by atoms with Gasteiger partial charge >= 0.3 is 6.01 Å². The molecule has 3 heterocycles. The minimum atomic E-state index is -0.0844. The maximum absolute atomic E-state index is 12.3. The van der Waals surface area contributed by atoms with Gasteiger partial charge in [-0.25, -0.2) is 9.97 Å². The molecule has 1 aliphatic rings. The first-order valence-electron chi connectivity index (χ1n) is 6.57. The van der Waals surface area contributed by atoms with Gasteiger partial charge in [-0.05, 0) is 28.1 Å². The van der Waals surface area contributed by atoms with Gasteiger partial charge in [-0.2, -0.15) is 0 Å². The first kappa shape index (κ1) is 13.9. The van der Waals surface area contributed by atoms with Gasteiger partial charge in [0.1, 0.15) is 11.8 Å². The fraction of sp³-hybridized carbons (Fsp3) is 0.286. The molecule has 6 nitrogen and oxygen atoms in total. The van der Waals surface area contributed by atoms with Crippen LogP contribution in [0.2, 0.25) is 0 Å². The van der Waals surface area contributed by atoms with Crippen molar-refractivity contribution in [1.29, 1.82) is 0 Å². The van der Waals surface area contributed by atoms with Gasteiger partial charge in [0.2, 0.25) is 0 Å². The third-order valence-corrected chi connectivity index (χ3v) is 3.59. The quantitative estimate of drug-likeness (QED) is 0.847. The Hall–Kier alpha value is -2.02. The summed E-state index contributed by atoms with van der Waals surface area (Å²) in [5.41, 5.74) is 0.457. The predicted molar refractivity (Wildman–Crippen MR) is 78.9 cm³/mol. The van der Waals surface area contributed by atoms with Crippen LogP contribution in [0.5, 0.6) is 6.01 Å². The molecule has 0 N–H and O–H groups in total. The topological polar surface area (TPSA) is 68.2 Å². The van der Waals surface area contributed by atoms with E-state index < -0.39 is 0 Å². The van der Waals surface area contributed by atoms with Gasteiger partial charge in [0, 0.05) is 31.6 Å². The van der Waals surface area contributed by atoms with Crippen LogP contribution in [-0.2, 0) is 0 Å². The molecule has 2 aromatic heterocycles. The first-order chi connectivity index (χ1) is 10.2. The van der Waals surface area contributed by atoms with Crippen LogP contribution < -0.4 is 4.74 Å². The van der Waals surface area contributed by atoms with Gasteiger partial charge in [-0.15, -0.1) is 0 Å². The van der Waals surface area contributed by atoms with Crippen LogP contribution in [0.25, 0.3) is 0 Å². The number of carbonyl (C=O) groups excluding carboxylic acids is 1. The molecule has 2 aromatic rings. The van der Waals surface area contributed by atoms with E-state index in [4.69, 9.17) is 4.74 Å². The van der Waals surface area contributed by atoms with Crippen LogP contribution >= 0.6 is 15.9 Å². The number of hydrogen-bond donors (Lipinski definition) is 0. The molecule has 7 heteroatoms. The summed E-state index contributed by atoms with van der Waals surface area (Å²) in [5, 5.41) is 0. The summed E-state index contributed by atoms with van der Waals surface area (Å²) in [7, 11) is 0. The van der Waals surface area contributed by atoms with Crippen LogP contribution in [0.15, 0.2) is 41.3 Å². The van der Waals surface area contributed by atoms with Crippen molar-refractivity contribution in [3.05, 3.63) is 47.0 Å². The lowest BCUT2D eigenvalue weighted by molar-refractivity contribution is 0.0764. The van der Waals surface area contributed by atoms with Crippen molar-refractivity contribution in [3.63, 3.8) is 0 Å². The zero-order chi connectivity index (χ0) is 14.7. The zero-order valence-electron chi connectivity index (χ0n) is 11.1. The van der Waals surface area contributed by atoms with E-state index in [0.717, 1.165) is 10.9 Å². The molecule has 0 spiro atoms. The predicted octanol–water partition coefficient (Wildman–Crippen LogP) is 1.93. The van der Waals surface area contributed by atoms with Crippen molar-refractivity contribution >= 4 is 21.8 Å². The average Bonchev–Trinajstić information content (AvgIpc) is 2.98. The summed E-state index contributed by atoms with van der Waals surface area (Å²) in [5.74, 6) is -0.0709. The standard InChI is InChI=1S/C14H13BrN4O2/c15-10-7-17-14(18-8-10)21-11-4-6-19(9-11)13(20)12-3-1-2-5-16-12/h1-3,5,7-8,11H,4,6,9H2. The Morgan fingerprint density at radius 2 is 2.10 bits per heavy atom. The second kappa shape index (κ2) is 6.17. The molecule has 1 amide bonds. The van der Waals surface area contributed by atoms with E-state index in [9.17, 15) is 4.79 Å². The molecular formula is C14H13BrN4O2. The van der Waals surface area contributed by atoms with Crippen LogP contribution in [0.3, 0.4) is 0 Å². The number of likely N-dealkylation sites (tertiary alicyclic amines) is 1. The summed E-state index contributed by atoms with van der Waals surface area (Å²) in [6, 6.07) is 5.64. The van der Waals surface area contributed by atoms with Gasteiger partial charge in [0.05, 0.1) is 11.0 Å². The smallest absolute Gasteiger partial charge is 0.316 e. The highest BCUT2D eigenvalue weighted by Gasteiger charge is 2.29. The number of nitrogens with zero attached hydrogens (tertiary/aromatic N) is 4. The number of pyridine rings is 1. The molecule has 21 heavy (non-hydrogen) atoms. The molecule has 1 unspecified atom stereocenters. The van der Waals surface area contributed by atoms with E-state index in [-0.39, 0.29) is 12.0 Å². The fourth-order valence-corrected chi connectivity index (χ4v) is 2.38. The molecule has 1 fully saturated rings. The third-order valence-electron chi connectivity index (χ3n) is 3.18. The Morgan fingerprint density at radius 1 is 1.29 bits per heavy atom. The molecule has 0 aliphatic carbocycles. The summed E-state index contributed by atoms with van der Waals surface area (Å²) >= 11 is 3.27. The summed E-state index contributed by atoms with van der Waals surface area (Å²) in [6.07, 6.45) is 5.56. The molecule has 108 valence electrons. The van der Waals surface area contributed by atoms with Gasteiger partial charge < -0.3 is 9.64 Å². The first-order valence-corrected chi connectivity index (χ1v) is 7.36. The SMILES string of the molecule is O=C(c1ccccn1)N1CCC(Oc2ncc(Br)cn2)C1. The summed E-state index contributed by atoms with van der Waals surface area (Å²) in [4.78, 5) is 26.2. The maximum atomic E-state index is 12.3. The molecule has 3 rings (SSSR count). The fourth-order valence-electron chi connectivity index (χ4n) is 2.17. The lowest BCUT2D eigenvalue weighted by atomic mass is 10.3. The Morgan fingerprint density at radius 3 is 2.81 bits per heavy atom. The second-order valence-electron chi connectivity index (χ2n) is 4.68. The van der Waals surface area contributed by atoms with Crippen molar-refractivity contribution in [2.45, 2.75) is 12.5 Å². The summed E-state index contributed by atoms with van der Waals surface area (Å²) < 4.78 is 6.49. The number of hydrogen-bond acceptors (Lipinski definition) is 5. The Labute approximate surface area is 130 Å². The van der Waals surface area contributed by atoms with E-state index in [1.54, 1.807) is 41.7 Å². The summed E-state index contributed by atoms with van der Waals surface area (Å²) in [6.45, 7) is 1.17. The van der Waals surface area contributed by atoms with Crippen LogP contribution in [-0.4, -0.2) is 45.0 Å². The van der Waals surface area contributed by atoms with Crippen molar-refractivity contribution in [2.75, 3.05) is 13.1 Å². The zero-order valence-corrected chi connectivity index (χ0v) is 12.7. The highest BCUT2D eigenvalue weighted by Crippen LogP contribution is 2.17. The van der Waals surface area contributed by atoms with Gasteiger partial charge in [0.25, 0.3) is 5.91 Å². The normalized spacial score (nSPS) is 17.8. The monoisotopic (exact) mass is 348 g/mol. The van der Waals surface area contributed by atoms with E-state index >= 15 is 0 Å². The van der Waals surface area contributed by atoms with Crippen molar-refractivity contribution in [3.8, 4) is 6.01 Å². The largest absolute Gasteiger partial charge is 0.458 e. The Balaban J connectivity index is 1.60. The average molecular weight is 349 g/mol. The van der Waals surface area contributed by atoms with E-state index in [2.05, 4.69) is 30.9 Å². The van der Waals surface area contributed by atoms with Gasteiger partial charge in [-0.1, -0.05) is 6.07 Å². The number of ether oxygens (including phenoxy) is 1. The maximum Gasteiger partial charge on any atom is 0.316 e. The third kappa shape index (κ3) is 3.36. The second-order valence-corrected chi connectivity index (χ2v) is 5.59. The lowest BCUT2D eigenvalue weighted by Gasteiger charge is -2.16. The minimum Gasteiger partial charge on any atom is -0.458 e. The van der Waals surface area contributed by atoms with Crippen LogP contribution in [0.4, 0.5) is 0 Å². The Bertz CT molecular complexity index is 621. The molecule has 0 saturated carbocycles. The van der Waals surface area contributed by atoms with Crippen LogP contribution in [0, 0.1) is 0 Å². The molecule has 0 aromatic carbocycles. The molecule has 0 radical (unpaired) electrons. The molecule has 0 bridgehead atoms. The number of amides is 1. The number of rotatable bonds is 3. The minimum absolute atomic E-state index is 0.0709. The molecule has 1 saturated heterocycles. The van der Waals surface area contributed by atoms with Crippen LogP contribution in [0.1, 0.15) is 16.9 Å². The van der Waals surface area contributed by atoms with E-state index in [1.165, 1.54) is 0 Å². The highest BCUT2D eigenvalue weighted by molar-refractivity contribution is 9.10. The van der Waals surface area contributed by atoms with E-state index in [1.807, 2.05) is 0 Å². The van der Waals surface area contributed by atoms with Gasteiger partial charge in [0.15, 0.2) is 0 Å². The number of halogens is 1. The van der Waals surface area contributed by atoms with E-state index in [0.29, 0.717) is 24.8 Å². The number of carbonyl (C=O) groups is 1. The van der Waals surface area contributed by atoms with Gasteiger partial charge in [-0.3, -0.25) is 9.78 Å². The van der Waals surface area contributed by atoms with Crippen molar-refractivity contribution in [2.24, 2.45) is 0 Å². The number of aromatic nitrogens is 3. The molecular weight excluding hydrogens is 336 g/mol. The lowest BCUT2D eigenvalue weighted by Crippen LogP contribution is -2.31.